The molecule has 66 valence electrons. The highest BCUT2D eigenvalue weighted by molar-refractivity contribution is 7.99. The van der Waals surface area contributed by atoms with Gasteiger partial charge < -0.3 is 10.6 Å². The van der Waals surface area contributed by atoms with Crippen molar-refractivity contribution in [3.8, 4) is 0 Å². The molecule has 0 amide bonds. The minimum atomic E-state index is 1.19. The van der Waals surface area contributed by atoms with Crippen LogP contribution in [0, 0.1) is 0 Å². The van der Waals surface area contributed by atoms with E-state index in [1.165, 1.54) is 50.5 Å². The number of rotatable bonds is 0. The Bertz CT molecular complexity index is 50.1. The second-order valence-electron chi connectivity index (χ2n) is 2.82. The first-order valence-corrected chi connectivity index (χ1v) is 5.65. The molecule has 2 N–H and O–H groups in total. The van der Waals surface area contributed by atoms with Crippen LogP contribution in [0.25, 0.3) is 0 Å². The molecule has 0 aromatic carbocycles. The van der Waals surface area contributed by atoms with Gasteiger partial charge in [0.1, 0.15) is 0 Å². The smallest absolute Gasteiger partial charge is 0.00585 e. The fraction of sp³-hybridized carbons (Fsp3) is 1.00. The Labute approximate surface area is 73.5 Å². The Morgan fingerprint density at radius 1 is 0.727 bits per heavy atom. The van der Waals surface area contributed by atoms with Crippen LogP contribution in [-0.2, 0) is 0 Å². The van der Waals surface area contributed by atoms with Crippen LogP contribution in [0.4, 0.5) is 0 Å². The van der Waals surface area contributed by atoms with E-state index in [-0.39, 0.29) is 0 Å². The summed E-state index contributed by atoms with van der Waals surface area (Å²) in [7, 11) is 0. The molecule has 1 aliphatic heterocycles. The van der Waals surface area contributed by atoms with Crippen LogP contribution < -0.4 is 10.6 Å². The summed E-state index contributed by atoms with van der Waals surface area (Å²) in [6.45, 7) is 4.76. The summed E-state index contributed by atoms with van der Waals surface area (Å²) in [6.07, 6.45) is 2.63. The highest BCUT2D eigenvalue weighted by Crippen LogP contribution is 1.97. The number of thioether (sulfide) groups is 1. The van der Waals surface area contributed by atoms with Gasteiger partial charge in [-0.05, 0) is 25.9 Å². The van der Waals surface area contributed by atoms with Crippen LogP contribution in [0.2, 0.25) is 0 Å². The summed E-state index contributed by atoms with van der Waals surface area (Å²) in [5.74, 6) is 2.53. The summed E-state index contributed by atoms with van der Waals surface area (Å²) >= 11 is 2.04. The fourth-order valence-corrected chi connectivity index (χ4v) is 1.92. The van der Waals surface area contributed by atoms with Crippen molar-refractivity contribution in [3.05, 3.63) is 0 Å². The predicted octanol–water partition coefficient (Wildman–Crippen LogP) is 0.693. The van der Waals surface area contributed by atoms with Crippen molar-refractivity contribution >= 4 is 11.8 Å². The lowest BCUT2D eigenvalue weighted by molar-refractivity contribution is 0.608. The number of hydrogen-bond donors (Lipinski definition) is 2. The largest absolute Gasteiger partial charge is 0.316 e. The highest BCUT2D eigenvalue weighted by Gasteiger charge is 1.94. The summed E-state index contributed by atoms with van der Waals surface area (Å²) in [6, 6.07) is 0. The third kappa shape index (κ3) is 5.53. The summed E-state index contributed by atoms with van der Waals surface area (Å²) in [5.41, 5.74) is 0. The molecule has 0 saturated carbocycles. The zero-order chi connectivity index (χ0) is 7.78. The normalized spacial score (nSPS) is 24.0. The van der Waals surface area contributed by atoms with Gasteiger partial charge in [-0.25, -0.2) is 0 Å². The van der Waals surface area contributed by atoms with Gasteiger partial charge in [0.15, 0.2) is 0 Å². The molecule has 1 rings (SSSR count). The van der Waals surface area contributed by atoms with Crippen LogP contribution in [0.3, 0.4) is 0 Å². The first kappa shape index (κ1) is 9.36. The molecular weight excluding hydrogens is 156 g/mol. The Morgan fingerprint density at radius 2 is 1.27 bits per heavy atom. The van der Waals surface area contributed by atoms with E-state index in [1.54, 1.807) is 0 Å². The molecule has 0 aromatic rings. The van der Waals surface area contributed by atoms with Gasteiger partial charge in [-0.1, -0.05) is 0 Å². The van der Waals surface area contributed by atoms with Crippen molar-refractivity contribution in [1.82, 2.24) is 10.6 Å². The van der Waals surface area contributed by atoms with Crippen molar-refractivity contribution in [2.45, 2.75) is 12.8 Å². The van der Waals surface area contributed by atoms with Crippen LogP contribution in [0.15, 0.2) is 0 Å². The molecule has 0 aromatic heterocycles. The van der Waals surface area contributed by atoms with Crippen molar-refractivity contribution in [2.75, 3.05) is 37.7 Å². The molecule has 0 aliphatic carbocycles. The van der Waals surface area contributed by atoms with Gasteiger partial charge in [0.2, 0.25) is 0 Å². The quantitative estimate of drug-likeness (QED) is 0.565. The topological polar surface area (TPSA) is 24.1 Å². The van der Waals surface area contributed by atoms with E-state index in [1.807, 2.05) is 11.8 Å². The maximum Gasteiger partial charge on any atom is 0.00585 e. The molecule has 2 nitrogen and oxygen atoms in total. The zero-order valence-corrected chi connectivity index (χ0v) is 7.88. The monoisotopic (exact) mass is 174 g/mol. The Kier molecular flexibility index (Phi) is 5.91. The van der Waals surface area contributed by atoms with Crippen molar-refractivity contribution in [3.63, 3.8) is 0 Å². The molecule has 0 spiro atoms. The van der Waals surface area contributed by atoms with E-state index < -0.39 is 0 Å². The van der Waals surface area contributed by atoms with Gasteiger partial charge in [-0.15, -0.1) is 0 Å². The molecule has 1 aliphatic rings. The van der Waals surface area contributed by atoms with Gasteiger partial charge in [0, 0.05) is 24.6 Å². The second-order valence-corrected chi connectivity index (χ2v) is 4.04. The lowest BCUT2D eigenvalue weighted by atomic mass is 10.3. The molecule has 0 unspecified atom stereocenters. The van der Waals surface area contributed by atoms with E-state index >= 15 is 0 Å². The Hall–Kier alpha value is 0.270. The van der Waals surface area contributed by atoms with Gasteiger partial charge in [-0.3, -0.25) is 0 Å². The predicted molar refractivity (Wildman–Crippen MR) is 52.3 cm³/mol. The van der Waals surface area contributed by atoms with Crippen LogP contribution in [0.1, 0.15) is 12.8 Å². The molecule has 0 radical (unpaired) electrons. The molecule has 0 atom stereocenters. The molecular formula is C8H18N2S. The van der Waals surface area contributed by atoms with E-state index in [9.17, 15) is 0 Å². The van der Waals surface area contributed by atoms with Crippen molar-refractivity contribution in [2.24, 2.45) is 0 Å². The van der Waals surface area contributed by atoms with Gasteiger partial charge in [0.25, 0.3) is 0 Å². The first-order valence-electron chi connectivity index (χ1n) is 4.49. The maximum atomic E-state index is 3.43. The van der Waals surface area contributed by atoms with E-state index in [4.69, 9.17) is 0 Å². The van der Waals surface area contributed by atoms with Crippen LogP contribution in [0.5, 0.6) is 0 Å². The van der Waals surface area contributed by atoms with Crippen molar-refractivity contribution < 1.29 is 0 Å². The first-order chi connectivity index (χ1) is 5.50. The SMILES string of the molecule is C1CCNCCSCCNC1. The Balaban J connectivity index is 2.02. The minimum Gasteiger partial charge on any atom is -0.316 e. The summed E-state index contributed by atoms with van der Waals surface area (Å²) in [4.78, 5) is 0. The average Bonchev–Trinajstić information content (AvgIpc) is 2.08. The number of hydrogen-bond acceptors (Lipinski definition) is 3. The molecule has 11 heavy (non-hydrogen) atoms. The van der Waals surface area contributed by atoms with Gasteiger partial charge in [-0.2, -0.15) is 11.8 Å². The Morgan fingerprint density at radius 3 is 1.82 bits per heavy atom. The van der Waals surface area contributed by atoms with Crippen molar-refractivity contribution in [1.29, 1.82) is 0 Å². The maximum absolute atomic E-state index is 3.43. The molecule has 1 fully saturated rings. The molecule has 0 bridgehead atoms. The minimum absolute atomic E-state index is 1.19. The van der Waals surface area contributed by atoms with Gasteiger partial charge in [0.05, 0.1) is 0 Å². The van der Waals surface area contributed by atoms with Crippen LogP contribution in [-0.4, -0.2) is 37.7 Å². The van der Waals surface area contributed by atoms with E-state index in [0.29, 0.717) is 0 Å². The molecule has 3 heteroatoms. The third-order valence-electron chi connectivity index (χ3n) is 1.80. The molecule has 1 heterocycles. The summed E-state index contributed by atoms with van der Waals surface area (Å²) in [5, 5.41) is 6.87. The van der Waals surface area contributed by atoms with Gasteiger partial charge >= 0.3 is 0 Å². The summed E-state index contributed by atoms with van der Waals surface area (Å²) < 4.78 is 0. The average molecular weight is 174 g/mol. The number of nitrogens with one attached hydrogen (secondary N) is 2. The standard InChI is InChI=1S/C8H18N2S/c1-2-4-10-6-8-11-7-5-9-3-1/h9-10H,1-8H2. The van der Waals surface area contributed by atoms with E-state index in [2.05, 4.69) is 10.6 Å². The zero-order valence-electron chi connectivity index (χ0n) is 7.07. The molecule has 1 saturated heterocycles. The highest BCUT2D eigenvalue weighted by atomic mass is 32.2. The van der Waals surface area contributed by atoms with E-state index in [0.717, 1.165) is 0 Å². The lowest BCUT2D eigenvalue weighted by Gasteiger charge is -2.01. The lowest BCUT2D eigenvalue weighted by Crippen LogP contribution is -2.19. The van der Waals surface area contributed by atoms with Crippen LogP contribution >= 0.6 is 11.8 Å². The second kappa shape index (κ2) is 6.95. The fourth-order valence-electron chi connectivity index (χ4n) is 1.14. The third-order valence-corrected chi connectivity index (χ3v) is 2.79.